The van der Waals surface area contributed by atoms with Crippen molar-refractivity contribution in [3.63, 3.8) is 0 Å². The van der Waals surface area contributed by atoms with E-state index in [2.05, 4.69) is 17.5 Å². The first kappa shape index (κ1) is 31.4. The third-order valence-electron chi connectivity index (χ3n) is 9.52. The second kappa shape index (κ2) is 12.3. The number of alkyl halides is 3. The lowest BCUT2D eigenvalue weighted by atomic mass is 9.95. The van der Waals surface area contributed by atoms with E-state index in [4.69, 9.17) is 26.3 Å². The molecule has 1 aromatic carbocycles. The fraction of sp³-hybridized carbons (Fsp3) is 0.548. The van der Waals surface area contributed by atoms with Crippen LogP contribution in [0.2, 0.25) is 5.02 Å². The van der Waals surface area contributed by atoms with Gasteiger partial charge in [0.25, 0.3) is 5.91 Å². The molecule has 9 nitrogen and oxygen atoms in total. The Kier molecular flexibility index (Phi) is 8.56. The summed E-state index contributed by atoms with van der Waals surface area (Å²) in [6.07, 6.45) is -0.124. The van der Waals surface area contributed by atoms with Gasteiger partial charge in [0.1, 0.15) is 12.4 Å². The van der Waals surface area contributed by atoms with E-state index in [-0.39, 0.29) is 54.9 Å². The average molecular weight is 648 g/mol. The third-order valence-corrected chi connectivity index (χ3v) is 9.84. The number of hydrogen-bond donors (Lipinski definition) is 0. The molecule has 5 heterocycles. The number of fused-ring (bicyclic) bond motifs is 2. The minimum Gasteiger partial charge on any atom is -0.461 e. The summed E-state index contributed by atoms with van der Waals surface area (Å²) in [5.74, 6) is -1.38. The number of piperazine rings is 1. The molecule has 6 rings (SSSR count). The van der Waals surface area contributed by atoms with Gasteiger partial charge in [-0.05, 0) is 57.3 Å². The molecule has 1 aromatic heterocycles. The number of anilines is 2. The molecule has 3 saturated heterocycles. The van der Waals surface area contributed by atoms with Gasteiger partial charge < -0.3 is 19.4 Å². The maximum absolute atomic E-state index is 14.1. The Labute approximate surface area is 264 Å². The summed E-state index contributed by atoms with van der Waals surface area (Å²) in [7, 11) is 0. The molecule has 14 heteroatoms. The standard InChI is InChI=1S/C31H34ClF4N7O2/c1-20(33)28(44)43-16-15-41(17-21(43)7-11-37)27-22-8-14-40(25-6-2-5-23(32)26(25)31(34,35)36)18-24(22)38-29(39-27)45-19-30-9-3-12-42(30)13-4-10-30/h2,5-6,21H,1,3-4,7-10,12-19H2/t21-/m0/s1. The van der Waals surface area contributed by atoms with Gasteiger partial charge in [-0.2, -0.15) is 28.4 Å². The number of halogens is 5. The lowest BCUT2D eigenvalue weighted by Crippen LogP contribution is -2.55. The first-order chi connectivity index (χ1) is 21.5. The van der Waals surface area contributed by atoms with Crippen LogP contribution in [0.4, 0.5) is 29.1 Å². The molecule has 0 aliphatic carbocycles. The molecule has 2 aromatic rings. The van der Waals surface area contributed by atoms with Crippen molar-refractivity contribution in [2.24, 2.45) is 0 Å². The number of rotatable bonds is 7. The molecule has 0 unspecified atom stereocenters. The molecule has 4 aliphatic heterocycles. The minimum absolute atomic E-state index is 0.0206. The van der Waals surface area contributed by atoms with Crippen LogP contribution in [0.1, 0.15) is 48.9 Å². The number of nitriles is 1. The molecule has 1 amide bonds. The molecule has 0 saturated carbocycles. The summed E-state index contributed by atoms with van der Waals surface area (Å²) >= 11 is 6.04. The first-order valence-corrected chi connectivity index (χ1v) is 15.5. The van der Waals surface area contributed by atoms with Crippen molar-refractivity contribution in [2.45, 2.75) is 62.8 Å². The van der Waals surface area contributed by atoms with E-state index >= 15 is 0 Å². The second-order valence-corrected chi connectivity index (χ2v) is 12.5. The highest BCUT2D eigenvalue weighted by atomic mass is 35.5. The molecule has 0 radical (unpaired) electrons. The molecule has 0 bridgehead atoms. The summed E-state index contributed by atoms with van der Waals surface area (Å²) in [6.45, 7) is 6.55. The van der Waals surface area contributed by atoms with Crippen LogP contribution in [0.3, 0.4) is 0 Å². The zero-order chi connectivity index (χ0) is 31.9. The molecule has 4 aliphatic rings. The van der Waals surface area contributed by atoms with Crippen LogP contribution in [0.5, 0.6) is 6.01 Å². The van der Waals surface area contributed by atoms with Gasteiger partial charge in [-0.1, -0.05) is 24.2 Å². The van der Waals surface area contributed by atoms with Gasteiger partial charge in [0.05, 0.1) is 52.6 Å². The molecule has 3 fully saturated rings. The van der Waals surface area contributed by atoms with Gasteiger partial charge in [-0.15, -0.1) is 0 Å². The summed E-state index contributed by atoms with van der Waals surface area (Å²) in [5.41, 5.74) is 0.307. The number of hydrogen-bond acceptors (Lipinski definition) is 8. The van der Waals surface area contributed by atoms with Crippen LogP contribution >= 0.6 is 11.6 Å². The SMILES string of the molecule is C=C(F)C(=O)N1CCN(c2nc(OCC34CCCN3CCC4)nc3c2CCN(c2cccc(Cl)c2C(F)(F)F)C3)C[C@@H]1CC#N. The Morgan fingerprint density at radius 1 is 1.13 bits per heavy atom. The quantitative estimate of drug-likeness (QED) is 0.302. The van der Waals surface area contributed by atoms with E-state index in [1.165, 1.54) is 23.1 Å². The number of amides is 1. The van der Waals surface area contributed by atoms with Crippen LogP contribution in [0, 0.1) is 11.3 Å². The maximum atomic E-state index is 14.1. The van der Waals surface area contributed by atoms with Crippen LogP contribution in [-0.4, -0.2) is 83.1 Å². The molecule has 45 heavy (non-hydrogen) atoms. The summed E-state index contributed by atoms with van der Waals surface area (Å²) in [4.78, 5) is 29.4. The smallest absolute Gasteiger partial charge is 0.419 e. The van der Waals surface area contributed by atoms with Crippen molar-refractivity contribution in [1.29, 1.82) is 5.26 Å². The molecule has 1 atom stereocenters. The summed E-state index contributed by atoms with van der Waals surface area (Å²) in [6, 6.07) is 5.75. The number of carbonyl (C=O) groups is 1. The topological polar surface area (TPSA) is 88.8 Å². The highest BCUT2D eigenvalue weighted by Gasteiger charge is 2.45. The van der Waals surface area contributed by atoms with Gasteiger partial charge in [-0.3, -0.25) is 9.69 Å². The predicted octanol–water partition coefficient (Wildman–Crippen LogP) is 5.13. The molecular formula is C31H34ClF4N7O2. The van der Waals surface area contributed by atoms with Crippen molar-refractivity contribution in [3.8, 4) is 12.1 Å². The van der Waals surface area contributed by atoms with Crippen LogP contribution in [0.15, 0.2) is 30.6 Å². The number of benzene rings is 1. The van der Waals surface area contributed by atoms with Crippen LogP contribution in [0.25, 0.3) is 0 Å². The highest BCUT2D eigenvalue weighted by Crippen LogP contribution is 2.43. The van der Waals surface area contributed by atoms with Gasteiger partial charge >= 0.3 is 12.2 Å². The molecule has 0 N–H and O–H groups in total. The Bertz CT molecular complexity index is 1520. The Morgan fingerprint density at radius 3 is 2.58 bits per heavy atom. The van der Waals surface area contributed by atoms with Crippen molar-refractivity contribution < 1.29 is 27.1 Å². The Balaban J connectivity index is 1.34. The zero-order valence-electron chi connectivity index (χ0n) is 24.8. The number of aromatic nitrogens is 2. The van der Waals surface area contributed by atoms with E-state index in [0.717, 1.165) is 44.3 Å². The molecule has 0 spiro atoms. The van der Waals surface area contributed by atoms with Crippen molar-refractivity contribution in [3.05, 3.63) is 52.4 Å². The Hall–Kier alpha value is -3.63. The fourth-order valence-electron chi connectivity index (χ4n) is 7.39. The minimum atomic E-state index is -4.65. The van der Waals surface area contributed by atoms with E-state index in [1.54, 1.807) is 4.90 Å². The monoisotopic (exact) mass is 647 g/mol. The highest BCUT2D eigenvalue weighted by molar-refractivity contribution is 6.31. The van der Waals surface area contributed by atoms with Crippen molar-refractivity contribution >= 4 is 29.0 Å². The van der Waals surface area contributed by atoms with Gasteiger partial charge in [0.15, 0.2) is 5.83 Å². The summed E-state index contributed by atoms with van der Waals surface area (Å²) in [5, 5.41) is 9.09. The third kappa shape index (κ3) is 6.02. The number of carbonyl (C=O) groups excluding carboxylic acids is 1. The average Bonchev–Trinajstić information content (AvgIpc) is 3.59. The van der Waals surface area contributed by atoms with Crippen LogP contribution < -0.4 is 14.5 Å². The van der Waals surface area contributed by atoms with E-state index in [1.807, 2.05) is 4.90 Å². The zero-order valence-corrected chi connectivity index (χ0v) is 25.5. The number of ether oxygens (including phenoxy) is 1. The lowest BCUT2D eigenvalue weighted by Gasteiger charge is -2.42. The van der Waals surface area contributed by atoms with Gasteiger partial charge in [0.2, 0.25) is 0 Å². The predicted molar refractivity (Wildman–Crippen MR) is 160 cm³/mol. The normalized spacial score (nSPS) is 21.3. The van der Waals surface area contributed by atoms with Crippen molar-refractivity contribution in [2.75, 3.05) is 55.7 Å². The summed E-state index contributed by atoms with van der Waals surface area (Å²) < 4.78 is 62.3. The van der Waals surface area contributed by atoms with Crippen LogP contribution in [-0.2, 0) is 23.9 Å². The Morgan fingerprint density at radius 2 is 1.89 bits per heavy atom. The first-order valence-electron chi connectivity index (χ1n) is 15.2. The second-order valence-electron chi connectivity index (χ2n) is 12.1. The lowest BCUT2D eigenvalue weighted by molar-refractivity contribution is -0.137. The van der Waals surface area contributed by atoms with Gasteiger partial charge in [-0.25, -0.2) is 4.39 Å². The fourth-order valence-corrected chi connectivity index (χ4v) is 7.66. The maximum Gasteiger partial charge on any atom is 0.419 e. The molecular weight excluding hydrogens is 614 g/mol. The largest absolute Gasteiger partial charge is 0.461 e. The van der Waals surface area contributed by atoms with Crippen molar-refractivity contribution in [1.82, 2.24) is 19.8 Å². The number of nitrogens with zero attached hydrogens (tertiary/aromatic N) is 7. The van der Waals surface area contributed by atoms with E-state index < -0.39 is 29.5 Å². The van der Waals surface area contributed by atoms with E-state index in [0.29, 0.717) is 31.1 Å². The van der Waals surface area contributed by atoms with E-state index in [9.17, 15) is 27.6 Å². The molecule has 240 valence electrons. The van der Waals surface area contributed by atoms with Gasteiger partial charge in [0, 0.05) is 31.7 Å².